The van der Waals surface area contributed by atoms with Gasteiger partial charge in [0.15, 0.2) is 17.3 Å². The van der Waals surface area contributed by atoms with E-state index in [1.54, 1.807) is 23.9 Å². The van der Waals surface area contributed by atoms with E-state index in [4.69, 9.17) is 14.2 Å². The quantitative estimate of drug-likeness (QED) is 0.433. The maximum atomic E-state index is 12.9. The van der Waals surface area contributed by atoms with Crippen LogP contribution in [0.5, 0.6) is 17.2 Å². The molecule has 4 aromatic rings. The second-order valence-corrected chi connectivity index (χ2v) is 9.02. The van der Waals surface area contributed by atoms with E-state index in [0.717, 1.165) is 29.7 Å². The molecule has 6 rings (SSSR count). The number of likely N-dealkylation sites (N-methyl/N-ethyl adjacent to an activating group) is 1. The van der Waals surface area contributed by atoms with Crippen molar-refractivity contribution in [3.05, 3.63) is 88.7 Å². The number of rotatable bonds is 6. The molecule has 1 amide bonds. The Labute approximate surface area is 213 Å². The minimum absolute atomic E-state index is 0.159. The van der Waals surface area contributed by atoms with Crippen LogP contribution in [0, 0.1) is 0 Å². The Kier molecular flexibility index (Phi) is 5.93. The summed E-state index contributed by atoms with van der Waals surface area (Å²) in [5.74, 6) is 2.35. The average molecular weight is 499 g/mol. The molecule has 2 aliphatic heterocycles. The van der Waals surface area contributed by atoms with Crippen molar-refractivity contribution in [2.24, 2.45) is 0 Å². The predicted molar refractivity (Wildman–Crippen MR) is 134 cm³/mol. The van der Waals surface area contributed by atoms with Crippen LogP contribution >= 0.6 is 0 Å². The monoisotopic (exact) mass is 498 g/mol. The summed E-state index contributed by atoms with van der Waals surface area (Å²) in [6, 6.07) is 18.8. The number of nitrogens with one attached hydrogen (secondary N) is 1. The van der Waals surface area contributed by atoms with E-state index in [1.165, 1.54) is 0 Å². The fourth-order valence-corrected chi connectivity index (χ4v) is 4.97. The van der Waals surface area contributed by atoms with Crippen LogP contribution in [0.1, 0.15) is 38.9 Å². The van der Waals surface area contributed by atoms with Gasteiger partial charge in [-0.05, 0) is 59.3 Å². The van der Waals surface area contributed by atoms with E-state index in [9.17, 15) is 4.79 Å². The van der Waals surface area contributed by atoms with Crippen molar-refractivity contribution < 1.29 is 19.0 Å². The number of aromatic nitrogens is 4. The number of carbonyl (C=O) groups is 1. The van der Waals surface area contributed by atoms with Gasteiger partial charge in [-0.15, -0.1) is 5.10 Å². The minimum atomic E-state index is -0.293. The van der Waals surface area contributed by atoms with Crippen LogP contribution < -0.4 is 19.5 Å². The number of methoxy groups -OCH3 is 1. The Morgan fingerprint density at radius 3 is 2.84 bits per heavy atom. The Hall–Kier alpha value is -4.44. The van der Waals surface area contributed by atoms with Crippen molar-refractivity contribution in [2.45, 2.75) is 19.0 Å². The zero-order valence-electron chi connectivity index (χ0n) is 20.5. The number of benzene rings is 3. The number of hydrogen-bond acceptors (Lipinski definition) is 8. The largest absolute Gasteiger partial charge is 0.492 e. The van der Waals surface area contributed by atoms with E-state index in [-0.39, 0.29) is 18.7 Å². The molecule has 2 aliphatic rings. The normalized spacial score (nSPS) is 16.3. The lowest BCUT2D eigenvalue weighted by Gasteiger charge is -2.34. The van der Waals surface area contributed by atoms with Gasteiger partial charge in [0, 0.05) is 24.2 Å². The number of carbonyl (C=O) groups excluding carboxylic acids is 1. The van der Waals surface area contributed by atoms with Crippen molar-refractivity contribution >= 4 is 5.91 Å². The molecule has 1 unspecified atom stereocenters. The highest BCUT2D eigenvalue weighted by Gasteiger charge is 2.37. The molecular formula is C27H26N6O4. The van der Waals surface area contributed by atoms with Gasteiger partial charge in [-0.2, -0.15) is 4.68 Å². The Morgan fingerprint density at radius 1 is 1.14 bits per heavy atom. The summed E-state index contributed by atoms with van der Waals surface area (Å²) in [7, 11) is 3.66. The highest BCUT2D eigenvalue weighted by atomic mass is 16.7. The first-order valence-electron chi connectivity index (χ1n) is 12.0. The number of hydrogen-bond donors (Lipinski definition) is 1. The molecule has 0 fully saturated rings. The number of amides is 1. The summed E-state index contributed by atoms with van der Waals surface area (Å²) in [5, 5.41) is 15.7. The van der Waals surface area contributed by atoms with E-state index in [0.29, 0.717) is 40.9 Å². The maximum absolute atomic E-state index is 12.9. The molecule has 3 heterocycles. The minimum Gasteiger partial charge on any atom is -0.492 e. The molecule has 0 bridgehead atoms. The van der Waals surface area contributed by atoms with Crippen molar-refractivity contribution in [1.29, 1.82) is 0 Å². The number of nitrogens with zero attached hydrogens (tertiary/aromatic N) is 5. The zero-order chi connectivity index (χ0) is 25.4. The molecule has 0 saturated heterocycles. The van der Waals surface area contributed by atoms with Crippen LogP contribution in [-0.2, 0) is 13.0 Å². The lowest BCUT2D eigenvalue weighted by atomic mass is 9.90. The topological polar surface area (TPSA) is 104 Å². The van der Waals surface area contributed by atoms with Crippen molar-refractivity contribution in [1.82, 2.24) is 30.4 Å². The van der Waals surface area contributed by atoms with Crippen molar-refractivity contribution in [3.63, 3.8) is 0 Å². The SMILES string of the molecule is COc1c2c(cc3c1C(c1nnnn1-c1cccc(C(=O)NCc4ccccc4)c1)N(C)CC3)OCO2. The van der Waals surface area contributed by atoms with Crippen LogP contribution in [0.15, 0.2) is 60.7 Å². The molecule has 0 aliphatic carbocycles. The highest BCUT2D eigenvalue weighted by Crippen LogP contribution is 2.50. The first-order chi connectivity index (χ1) is 18.1. The summed E-state index contributed by atoms with van der Waals surface area (Å²) < 4.78 is 18.9. The van der Waals surface area contributed by atoms with Gasteiger partial charge in [0.2, 0.25) is 12.5 Å². The van der Waals surface area contributed by atoms with Gasteiger partial charge in [-0.25, -0.2) is 0 Å². The van der Waals surface area contributed by atoms with E-state index >= 15 is 0 Å². The molecule has 3 aromatic carbocycles. The number of fused-ring (bicyclic) bond motifs is 2. The predicted octanol–water partition coefficient (Wildman–Crippen LogP) is 2.91. The van der Waals surface area contributed by atoms with Crippen molar-refractivity contribution in [2.75, 3.05) is 27.5 Å². The van der Waals surface area contributed by atoms with Crippen LogP contribution in [0.4, 0.5) is 0 Å². The summed E-state index contributed by atoms with van der Waals surface area (Å²) in [5.41, 5.74) is 4.30. The molecule has 10 heteroatoms. The van der Waals surface area contributed by atoms with Gasteiger partial charge < -0.3 is 19.5 Å². The molecule has 0 spiro atoms. The van der Waals surface area contributed by atoms with Gasteiger partial charge in [0.1, 0.15) is 6.04 Å². The van der Waals surface area contributed by atoms with Crippen LogP contribution in [0.3, 0.4) is 0 Å². The fraction of sp³-hybridized carbons (Fsp3) is 0.259. The summed E-state index contributed by atoms with van der Waals surface area (Å²) in [6.07, 6.45) is 0.827. The Balaban J connectivity index is 1.35. The molecule has 1 N–H and O–H groups in total. The van der Waals surface area contributed by atoms with E-state index in [1.807, 2.05) is 55.6 Å². The van der Waals surface area contributed by atoms with E-state index < -0.39 is 0 Å². The van der Waals surface area contributed by atoms with E-state index in [2.05, 4.69) is 25.7 Å². The number of ether oxygens (including phenoxy) is 3. The lowest BCUT2D eigenvalue weighted by molar-refractivity contribution is 0.0951. The van der Waals surface area contributed by atoms with Gasteiger partial charge in [0.05, 0.1) is 12.8 Å². The van der Waals surface area contributed by atoms with Crippen LogP contribution in [0.25, 0.3) is 5.69 Å². The van der Waals surface area contributed by atoms with Crippen LogP contribution in [0.2, 0.25) is 0 Å². The van der Waals surface area contributed by atoms with Gasteiger partial charge in [-0.3, -0.25) is 9.69 Å². The molecule has 37 heavy (non-hydrogen) atoms. The Bertz CT molecular complexity index is 1450. The first-order valence-corrected chi connectivity index (χ1v) is 12.0. The van der Waals surface area contributed by atoms with Gasteiger partial charge in [-0.1, -0.05) is 36.4 Å². The lowest BCUT2D eigenvalue weighted by Crippen LogP contribution is -2.35. The molecule has 0 radical (unpaired) electrons. The smallest absolute Gasteiger partial charge is 0.251 e. The van der Waals surface area contributed by atoms with Gasteiger partial charge >= 0.3 is 0 Å². The summed E-state index contributed by atoms with van der Waals surface area (Å²) in [6.45, 7) is 1.40. The highest BCUT2D eigenvalue weighted by molar-refractivity contribution is 5.94. The average Bonchev–Trinajstić information content (AvgIpc) is 3.61. The first kappa shape index (κ1) is 23.0. The van der Waals surface area contributed by atoms with Crippen LogP contribution in [-0.4, -0.2) is 58.5 Å². The maximum Gasteiger partial charge on any atom is 0.251 e. The molecule has 1 aromatic heterocycles. The third-order valence-corrected chi connectivity index (χ3v) is 6.78. The number of tetrazole rings is 1. The Morgan fingerprint density at radius 2 is 2.00 bits per heavy atom. The third-order valence-electron chi connectivity index (χ3n) is 6.78. The third kappa shape index (κ3) is 4.15. The standard InChI is InChI=1S/C27H26N6O4/c1-32-12-11-18-14-21-24(37-16-36-21)25(35-2)22(18)23(32)26-29-30-31-33(26)20-10-6-9-19(13-20)27(34)28-15-17-7-4-3-5-8-17/h3-10,13-14,23H,11-12,15-16H2,1-2H3,(H,28,34). The molecular weight excluding hydrogens is 472 g/mol. The zero-order valence-corrected chi connectivity index (χ0v) is 20.5. The second-order valence-electron chi connectivity index (χ2n) is 9.02. The van der Waals surface area contributed by atoms with Crippen molar-refractivity contribution in [3.8, 4) is 22.9 Å². The van der Waals surface area contributed by atoms with Gasteiger partial charge in [0.25, 0.3) is 5.91 Å². The summed E-state index contributed by atoms with van der Waals surface area (Å²) in [4.78, 5) is 15.1. The molecule has 1 atom stereocenters. The molecule has 188 valence electrons. The fourth-order valence-electron chi connectivity index (χ4n) is 4.97. The second kappa shape index (κ2) is 9.55. The molecule has 0 saturated carbocycles. The molecule has 10 nitrogen and oxygen atoms in total. The summed E-state index contributed by atoms with van der Waals surface area (Å²) >= 11 is 0.